The Morgan fingerprint density at radius 2 is 1.65 bits per heavy atom. The van der Waals surface area contributed by atoms with Crippen LogP contribution in [0.25, 0.3) is 0 Å². The van der Waals surface area contributed by atoms with E-state index in [2.05, 4.69) is 0 Å². The first-order valence-corrected chi connectivity index (χ1v) is 6.23. The first-order valence-electron chi connectivity index (χ1n) is 6.23. The Balaban J connectivity index is 2.29. The highest BCUT2D eigenvalue weighted by Gasteiger charge is 2.30. The van der Waals surface area contributed by atoms with Crippen LogP contribution < -0.4 is 0 Å². The summed E-state index contributed by atoms with van der Waals surface area (Å²) in [6, 6.07) is 14.9. The van der Waals surface area contributed by atoms with Crippen LogP contribution in [-0.4, -0.2) is 29.2 Å². The molecule has 2 aromatic carbocycles. The molecule has 2 N–H and O–H groups in total. The lowest BCUT2D eigenvalue weighted by molar-refractivity contribution is -0.00338. The molecular formula is C16H16O4. The number of phenols is 1. The molecule has 0 bridgehead atoms. The quantitative estimate of drug-likeness (QED) is 0.820. The zero-order valence-electron chi connectivity index (χ0n) is 11.1. The third kappa shape index (κ3) is 2.87. The topological polar surface area (TPSA) is 66.8 Å². The number of ether oxygens (including phenoxy) is 1. The van der Waals surface area contributed by atoms with Gasteiger partial charge in [0.15, 0.2) is 11.9 Å². The fraction of sp³-hybridized carbons (Fsp3) is 0.188. The maximum Gasteiger partial charge on any atom is 0.194 e. The average Bonchev–Trinajstić information content (AvgIpc) is 2.49. The molecule has 0 aliphatic heterocycles. The minimum Gasteiger partial charge on any atom is -0.508 e. The van der Waals surface area contributed by atoms with Gasteiger partial charge in [0.25, 0.3) is 0 Å². The van der Waals surface area contributed by atoms with Crippen molar-refractivity contribution in [2.75, 3.05) is 7.11 Å². The minimum absolute atomic E-state index is 0.0667. The normalized spacial score (nSPS) is 13.7. The fourth-order valence-corrected chi connectivity index (χ4v) is 2.05. The van der Waals surface area contributed by atoms with Gasteiger partial charge in [-0.3, -0.25) is 4.79 Å². The molecule has 4 nitrogen and oxygen atoms in total. The van der Waals surface area contributed by atoms with Crippen molar-refractivity contribution in [2.45, 2.75) is 12.2 Å². The third-order valence-electron chi connectivity index (χ3n) is 3.11. The maximum atomic E-state index is 12.3. The van der Waals surface area contributed by atoms with E-state index in [0.717, 1.165) is 0 Å². The van der Waals surface area contributed by atoms with Gasteiger partial charge in [0.05, 0.1) is 0 Å². The molecule has 2 atom stereocenters. The Kier molecular flexibility index (Phi) is 4.50. The summed E-state index contributed by atoms with van der Waals surface area (Å²) in [5, 5.41) is 20.0. The van der Waals surface area contributed by atoms with Crippen molar-refractivity contribution < 1.29 is 19.7 Å². The molecule has 20 heavy (non-hydrogen) atoms. The molecule has 104 valence electrons. The largest absolute Gasteiger partial charge is 0.508 e. The fourth-order valence-electron chi connectivity index (χ4n) is 2.05. The van der Waals surface area contributed by atoms with Crippen LogP contribution in [0.15, 0.2) is 54.6 Å². The summed E-state index contributed by atoms with van der Waals surface area (Å²) in [5.41, 5.74) is 0.720. The van der Waals surface area contributed by atoms with Crippen molar-refractivity contribution >= 4 is 5.78 Å². The van der Waals surface area contributed by atoms with Crippen molar-refractivity contribution in [1.29, 1.82) is 0 Å². The zero-order valence-corrected chi connectivity index (χ0v) is 11.1. The van der Waals surface area contributed by atoms with Crippen LogP contribution in [0.3, 0.4) is 0 Å². The highest BCUT2D eigenvalue weighted by molar-refractivity contribution is 6.00. The number of aliphatic hydroxyl groups is 1. The standard InChI is InChI=1S/C16H16O4/c1-20-16(14(18)11-7-3-2-4-8-11)15(19)12-9-5-6-10-13(12)17/h2-10,15-17,19H,1H3. The van der Waals surface area contributed by atoms with Crippen LogP contribution in [0.4, 0.5) is 0 Å². The van der Waals surface area contributed by atoms with E-state index in [1.54, 1.807) is 48.5 Å². The third-order valence-corrected chi connectivity index (χ3v) is 3.11. The zero-order chi connectivity index (χ0) is 14.5. The average molecular weight is 272 g/mol. The van der Waals surface area contributed by atoms with Gasteiger partial charge < -0.3 is 14.9 Å². The molecule has 4 heteroatoms. The molecular weight excluding hydrogens is 256 g/mol. The summed E-state index contributed by atoms with van der Waals surface area (Å²) < 4.78 is 5.13. The van der Waals surface area contributed by atoms with Crippen LogP contribution in [0.1, 0.15) is 22.0 Å². The van der Waals surface area contributed by atoms with Gasteiger partial charge in [0.1, 0.15) is 11.9 Å². The predicted molar refractivity (Wildman–Crippen MR) is 74.6 cm³/mol. The van der Waals surface area contributed by atoms with Crippen molar-refractivity contribution in [2.24, 2.45) is 0 Å². The second kappa shape index (κ2) is 6.32. The lowest BCUT2D eigenvalue weighted by Crippen LogP contribution is -2.30. The molecule has 0 spiro atoms. The lowest BCUT2D eigenvalue weighted by atomic mass is 9.96. The van der Waals surface area contributed by atoms with Gasteiger partial charge >= 0.3 is 0 Å². The van der Waals surface area contributed by atoms with Gasteiger partial charge in [0, 0.05) is 18.2 Å². The molecule has 0 aromatic heterocycles. The SMILES string of the molecule is COC(C(=O)c1ccccc1)C(O)c1ccccc1O. The van der Waals surface area contributed by atoms with Gasteiger partial charge in [-0.15, -0.1) is 0 Å². The van der Waals surface area contributed by atoms with Crippen LogP contribution in [0, 0.1) is 0 Å². The molecule has 0 aliphatic rings. The van der Waals surface area contributed by atoms with E-state index in [1.807, 2.05) is 0 Å². The first-order chi connectivity index (χ1) is 9.65. The smallest absolute Gasteiger partial charge is 0.194 e. The predicted octanol–water partition coefficient (Wildman–Crippen LogP) is 2.32. The number of carbonyl (C=O) groups is 1. The van der Waals surface area contributed by atoms with E-state index in [4.69, 9.17) is 4.74 Å². The molecule has 0 amide bonds. The van der Waals surface area contributed by atoms with Crippen LogP contribution in [0.5, 0.6) is 5.75 Å². The van der Waals surface area contributed by atoms with Crippen LogP contribution >= 0.6 is 0 Å². The summed E-state index contributed by atoms with van der Waals surface area (Å²) in [6.45, 7) is 0. The number of hydrogen-bond acceptors (Lipinski definition) is 4. The molecule has 0 saturated carbocycles. The molecule has 0 aliphatic carbocycles. The van der Waals surface area contributed by atoms with E-state index in [9.17, 15) is 15.0 Å². The summed E-state index contributed by atoms with van der Waals surface area (Å²) in [7, 11) is 1.36. The summed E-state index contributed by atoms with van der Waals surface area (Å²) in [6.07, 6.45) is -2.29. The summed E-state index contributed by atoms with van der Waals surface area (Å²) in [5.74, 6) is -0.397. The van der Waals surface area contributed by atoms with Crippen molar-refractivity contribution in [1.82, 2.24) is 0 Å². The highest BCUT2D eigenvalue weighted by atomic mass is 16.5. The van der Waals surface area contributed by atoms with E-state index in [0.29, 0.717) is 5.56 Å². The summed E-state index contributed by atoms with van der Waals surface area (Å²) >= 11 is 0. The number of rotatable bonds is 5. The minimum atomic E-state index is -1.23. The van der Waals surface area contributed by atoms with Gasteiger partial charge in [-0.25, -0.2) is 0 Å². The maximum absolute atomic E-state index is 12.3. The van der Waals surface area contributed by atoms with E-state index < -0.39 is 12.2 Å². The van der Waals surface area contributed by atoms with Crippen molar-refractivity contribution in [3.8, 4) is 5.75 Å². The number of carbonyl (C=O) groups excluding carboxylic acids is 1. The molecule has 0 saturated heterocycles. The highest BCUT2D eigenvalue weighted by Crippen LogP contribution is 2.28. The number of Topliss-reactive ketones (excluding diaryl/α,β-unsaturated/α-hetero) is 1. The Morgan fingerprint density at radius 3 is 2.25 bits per heavy atom. The Hall–Kier alpha value is -2.17. The molecule has 0 heterocycles. The van der Waals surface area contributed by atoms with Gasteiger partial charge in [-0.1, -0.05) is 48.5 Å². The Morgan fingerprint density at radius 1 is 1.05 bits per heavy atom. The second-order valence-corrected chi connectivity index (χ2v) is 4.39. The Bertz CT molecular complexity index is 580. The first kappa shape index (κ1) is 14.2. The number of benzene rings is 2. The second-order valence-electron chi connectivity index (χ2n) is 4.39. The summed E-state index contributed by atoms with van der Waals surface area (Å²) in [4.78, 5) is 12.3. The van der Waals surface area contributed by atoms with Crippen LogP contribution in [-0.2, 0) is 4.74 Å². The van der Waals surface area contributed by atoms with E-state index >= 15 is 0 Å². The van der Waals surface area contributed by atoms with Gasteiger partial charge in [0.2, 0.25) is 0 Å². The van der Waals surface area contributed by atoms with Crippen molar-refractivity contribution in [3.05, 3.63) is 65.7 Å². The van der Waals surface area contributed by atoms with Gasteiger partial charge in [-0.2, -0.15) is 0 Å². The molecule has 2 aromatic rings. The number of aromatic hydroxyl groups is 1. The molecule has 2 unspecified atom stereocenters. The van der Waals surface area contributed by atoms with Crippen molar-refractivity contribution in [3.63, 3.8) is 0 Å². The number of para-hydroxylation sites is 1. The number of ketones is 1. The lowest BCUT2D eigenvalue weighted by Gasteiger charge is -2.21. The molecule has 2 rings (SSSR count). The Labute approximate surface area is 117 Å². The van der Waals surface area contributed by atoms with E-state index in [1.165, 1.54) is 13.2 Å². The van der Waals surface area contributed by atoms with Crippen LogP contribution in [0.2, 0.25) is 0 Å². The van der Waals surface area contributed by atoms with E-state index in [-0.39, 0.29) is 17.1 Å². The number of methoxy groups -OCH3 is 1. The molecule has 0 radical (unpaired) electrons. The monoisotopic (exact) mass is 272 g/mol. The van der Waals surface area contributed by atoms with Gasteiger partial charge in [-0.05, 0) is 6.07 Å². The number of aliphatic hydroxyl groups excluding tert-OH is 1. The molecule has 0 fully saturated rings. The number of phenolic OH excluding ortho intramolecular Hbond substituents is 1. The number of hydrogen-bond donors (Lipinski definition) is 2.